The van der Waals surface area contributed by atoms with E-state index in [1.807, 2.05) is 54.6 Å². The number of rotatable bonds is 4. The van der Waals surface area contributed by atoms with Crippen molar-refractivity contribution in [3.05, 3.63) is 83.8 Å². The van der Waals surface area contributed by atoms with E-state index in [2.05, 4.69) is 41.4 Å². The Morgan fingerprint density at radius 3 is 2.37 bits per heavy atom. The summed E-state index contributed by atoms with van der Waals surface area (Å²) in [4.78, 5) is 20.8. The Morgan fingerprint density at radius 2 is 1.70 bits per heavy atom. The van der Waals surface area contributed by atoms with Crippen molar-refractivity contribution in [3.8, 4) is 0 Å². The van der Waals surface area contributed by atoms with E-state index in [0.717, 1.165) is 28.9 Å². The highest BCUT2D eigenvalue weighted by atomic mass is 16.2. The lowest BCUT2D eigenvalue weighted by molar-refractivity contribution is 0.262. The number of amides is 2. The Bertz CT molecular complexity index is 900. The van der Waals surface area contributed by atoms with Crippen LogP contribution in [0.25, 0.3) is 0 Å². The smallest absolute Gasteiger partial charge is 0.308 e. The maximum Gasteiger partial charge on any atom is 0.324 e. The summed E-state index contributed by atoms with van der Waals surface area (Å²) >= 11 is 0. The maximum absolute atomic E-state index is 12.2. The van der Waals surface area contributed by atoms with E-state index in [0.29, 0.717) is 5.82 Å². The zero-order chi connectivity index (χ0) is 19.3. The van der Waals surface area contributed by atoms with E-state index >= 15 is 0 Å². The molecule has 1 aromatic carbocycles. The highest BCUT2D eigenvalue weighted by Crippen LogP contribution is 2.23. The summed E-state index contributed by atoms with van der Waals surface area (Å²) in [6, 6.07) is 17.2. The predicted octanol–water partition coefficient (Wildman–Crippen LogP) is 5.01. The molecule has 0 spiro atoms. The van der Waals surface area contributed by atoms with Crippen molar-refractivity contribution in [1.82, 2.24) is 9.97 Å². The molecule has 0 fully saturated rings. The van der Waals surface area contributed by atoms with Crippen LogP contribution in [0.2, 0.25) is 0 Å². The molecule has 138 valence electrons. The average Bonchev–Trinajstić information content (AvgIpc) is 2.64. The molecule has 0 atom stereocenters. The number of anilines is 2. The molecule has 27 heavy (non-hydrogen) atoms. The van der Waals surface area contributed by atoms with E-state index in [-0.39, 0.29) is 11.4 Å². The zero-order valence-electron chi connectivity index (χ0n) is 15.9. The average molecular weight is 360 g/mol. The summed E-state index contributed by atoms with van der Waals surface area (Å²) in [7, 11) is 0. The molecule has 2 heterocycles. The molecule has 2 amide bonds. The summed E-state index contributed by atoms with van der Waals surface area (Å²) in [5, 5.41) is 5.62. The van der Waals surface area contributed by atoms with Crippen molar-refractivity contribution in [1.29, 1.82) is 0 Å². The molecule has 0 aliphatic rings. The van der Waals surface area contributed by atoms with Crippen molar-refractivity contribution in [2.45, 2.75) is 32.6 Å². The van der Waals surface area contributed by atoms with Crippen LogP contribution in [0, 0.1) is 0 Å². The van der Waals surface area contributed by atoms with Crippen LogP contribution in [0.4, 0.5) is 16.3 Å². The van der Waals surface area contributed by atoms with E-state index in [1.165, 1.54) is 0 Å². The normalized spacial score (nSPS) is 11.1. The highest BCUT2D eigenvalue weighted by molar-refractivity contribution is 5.99. The van der Waals surface area contributed by atoms with Crippen LogP contribution in [0.5, 0.6) is 0 Å². The lowest BCUT2D eigenvalue weighted by atomic mass is 9.88. The van der Waals surface area contributed by atoms with Crippen molar-refractivity contribution in [2.24, 2.45) is 0 Å². The molecule has 2 N–H and O–H groups in total. The van der Waals surface area contributed by atoms with Crippen LogP contribution in [-0.2, 0) is 11.8 Å². The van der Waals surface area contributed by atoms with Gasteiger partial charge in [-0.05, 0) is 52.9 Å². The largest absolute Gasteiger partial charge is 0.324 e. The zero-order valence-corrected chi connectivity index (χ0v) is 15.9. The van der Waals surface area contributed by atoms with Crippen molar-refractivity contribution in [3.63, 3.8) is 0 Å². The molecule has 5 nitrogen and oxygen atoms in total. The number of carbonyl (C=O) groups is 1. The summed E-state index contributed by atoms with van der Waals surface area (Å²) in [6.07, 6.45) is 4.26. The summed E-state index contributed by atoms with van der Waals surface area (Å²) in [5.41, 5.74) is 4.00. The monoisotopic (exact) mass is 360 g/mol. The molecule has 0 bridgehead atoms. The van der Waals surface area contributed by atoms with Crippen LogP contribution in [0.1, 0.15) is 37.6 Å². The third-order valence-electron chi connectivity index (χ3n) is 4.19. The first-order valence-electron chi connectivity index (χ1n) is 8.93. The first-order valence-corrected chi connectivity index (χ1v) is 8.93. The molecular formula is C22H24N4O. The molecule has 0 saturated heterocycles. The third-order valence-corrected chi connectivity index (χ3v) is 4.19. The molecule has 3 aromatic rings. The molecule has 0 unspecified atom stereocenters. The molecule has 0 aliphatic heterocycles. The predicted molar refractivity (Wildman–Crippen MR) is 109 cm³/mol. The Hall–Kier alpha value is -3.21. The summed E-state index contributed by atoms with van der Waals surface area (Å²) in [6.45, 7) is 6.37. The van der Waals surface area contributed by atoms with Crippen molar-refractivity contribution < 1.29 is 4.79 Å². The molecule has 5 heteroatoms. The van der Waals surface area contributed by atoms with Crippen LogP contribution in [-0.4, -0.2) is 16.0 Å². The Kier molecular flexibility index (Phi) is 5.50. The molecule has 2 aromatic heterocycles. The number of aromatic nitrogens is 2. The number of hydrogen-bond donors (Lipinski definition) is 2. The molecular weight excluding hydrogens is 336 g/mol. The second-order valence-electron chi connectivity index (χ2n) is 7.45. The quantitative estimate of drug-likeness (QED) is 0.687. The van der Waals surface area contributed by atoms with Gasteiger partial charge in [0.25, 0.3) is 0 Å². The van der Waals surface area contributed by atoms with Crippen molar-refractivity contribution in [2.75, 3.05) is 10.6 Å². The number of hydrogen-bond acceptors (Lipinski definition) is 3. The van der Waals surface area contributed by atoms with Gasteiger partial charge in [0.1, 0.15) is 5.82 Å². The van der Waals surface area contributed by atoms with Gasteiger partial charge in [0, 0.05) is 30.2 Å². The van der Waals surface area contributed by atoms with Crippen LogP contribution < -0.4 is 10.6 Å². The van der Waals surface area contributed by atoms with E-state index < -0.39 is 0 Å². The highest BCUT2D eigenvalue weighted by Gasteiger charge is 2.14. The first kappa shape index (κ1) is 18.6. The topological polar surface area (TPSA) is 66.9 Å². The van der Waals surface area contributed by atoms with Gasteiger partial charge in [-0.1, -0.05) is 39.0 Å². The Morgan fingerprint density at radius 1 is 0.926 bits per heavy atom. The third kappa shape index (κ3) is 5.38. The van der Waals surface area contributed by atoms with Crippen LogP contribution in [0.15, 0.2) is 67.0 Å². The Labute approximate surface area is 159 Å². The molecule has 0 radical (unpaired) electrons. The van der Waals surface area contributed by atoms with Gasteiger partial charge in [0.05, 0.1) is 0 Å². The Balaban J connectivity index is 1.60. The van der Waals surface area contributed by atoms with Gasteiger partial charge < -0.3 is 5.32 Å². The van der Waals surface area contributed by atoms with Gasteiger partial charge in [-0.2, -0.15) is 0 Å². The van der Waals surface area contributed by atoms with E-state index in [4.69, 9.17) is 0 Å². The molecule has 0 saturated carbocycles. The number of pyridine rings is 2. The maximum atomic E-state index is 12.2. The number of nitrogens with one attached hydrogen (secondary N) is 2. The molecule has 3 rings (SSSR count). The lowest BCUT2D eigenvalue weighted by Crippen LogP contribution is -2.21. The summed E-state index contributed by atoms with van der Waals surface area (Å²) < 4.78 is 0. The van der Waals surface area contributed by atoms with Crippen molar-refractivity contribution >= 4 is 17.5 Å². The van der Waals surface area contributed by atoms with Gasteiger partial charge in [0.15, 0.2) is 0 Å². The fourth-order valence-electron chi connectivity index (χ4n) is 2.66. The lowest BCUT2D eigenvalue weighted by Gasteiger charge is -2.19. The fourth-order valence-corrected chi connectivity index (χ4v) is 2.66. The summed E-state index contributed by atoms with van der Waals surface area (Å²) in [5.74, 6) is 0.534. The van der Waals surface area contributed by atoms with E-state index in [9.17, 15) is 4.79 Å². The van der Waals surface area contributed by atoms with Gasteiger partial charge in [-0.3, -0.25) is 10.3 Å². The number of urea groups is 1. The van der Waals surface area contributed by atoms with Crippen LogP contribution >= 0.6 is 0 Å². The minimum Gasteiger partial charge on any atom is -0.308 e. The first-order chi connectivity index (χ1) is 12.9. The second kappa shape index (κ2) is 7.99. The number of carbonyl (C=O) groups excluding carboxylic acids is 1. The van der Waals surface area contributed by atoms with Gasteiger partial charge in [0.2, 0.25) is 0 Å². The van der Waals surface area contributed by atoms with Gasteiger partial charge in [-0.15, -0.1) is 0 Å². The fraction of sp³-hybridized carbons (Fsp3) is 0.227. The standard InChI is InChI=1S/C22H24N4O/c1-22(2,3)17-11-13-24-20(15-17)26-21(27)25-18-9-7-16(8-10-18)14-19-6-4-5-12-23-19/h4-13,15H,14H2,1-3H3,(H2,24,25,26,27). The van der Waals surface area contributed by atoms with Crippen LogP contribution in [0.3, 0.4) is 0 Å². The van der Waals surface area contributed by atoms with Gasteiger partial charge >= 0.3 is 6.03 Å². The van der Waals surface area contributed by atoms with E-state index in [1.54, 1.807) is 12.4 Å². The number of benzene rings is 1. The second-order valence-corrected chi connectivity index (χ2v) is 7.45. The molecule has 0 aliphatic carbocycles. The van der Waals surface area contributed by atoms with Gasteiger partial charge in [-0.25, -0.2) is 9.78 Å². The minimum atomic E-state index is -0.314. The number of nitrogens with zero attached hydrogens (tertiary/aromatic N) is 2. The minimum absolute atomic E-state index is 0.000707. The SMILES string of the molecule is CC(C)(C)c1ccnc(NC(=O)Nc2ccc(Cc3ccccn3)cc2)c1.